The van der Waals surface area contributed by atoms with Crippen molar-refractivity contribution in [2.75, 3.05) is 44.7 Å². The summed E-state index contributed by atoms with van der Waals surface area (Å²) in [6.07, 6.45) is 3.51. The van der Waals surface area contributed by atoms with Gasteiger partial charge < -0.3 is 9.80 Å². The van der Waals surface area contributed by atoms with Gasteiger partial charge in [0.05, 0.1) is 10.9 Å². The molecule has 2 aliphatic rings. The summed E-state index contributed by atoms with van der Waals surface area (Å²) in [7, 11) is -1.40. The fraction of sp³-hybridized carbons (Fsp3) is 0.476. The predicted octanol–water partition coefficient (Wildman–Crippen LogP) is 2.67. The number of likely N-dealkylation sites (N-methyl/N-ethyl adjacent to an activating group) is 1. The Bertz CT molecular complexity index is 922. The number of piperazine rings is 1. The molecule has 6 nitrogen and oxygen atoms in total. The zero-order valence-electron chi connectivity index (χ0n) is 16.6. The molecule has 2 fully saturated rings. The molecule has 0 spiro atoms. The maximum absolute atomic E-state index is 13.3. The van der Waals surface area contributed by atoms with E-state index in [4.69, 9.17) is 0 Å². The van der Waals surface area contributed by atoms with Crippen LogP contribution in [0, 0.1) is 6.92 Å². The second-order valence-corrected chi connectivity index (χ2v) is 9.68. The summed E-state index contributed by atoms with van der Waals surface area (Å²) in [5, 5.41) is 0. The summed E-state index contributed by atoms with van der Waals surface area (Å²) in [6.45, 7) is 6.33. The summed E-state index contributed by atoms with van der Waals surface area (Å²) >= 11 is 0. The number of benzene rings is 1. The Morgan fingerprint density at radius 2 is 1.71 bits per heavy atom. The number of hydrogen-bond donors (Lipinski definition) is 0. The molecule has 1 atom stereocenters. The molecule has 7 heteroatoms. The van der Waals surface area contributed by atoms with Crippen molar-refractivity contribution in [1.82, 2.24) is 14.2 Å². The first-order valence-electron chi connectivity index (χ1n) is 9.94. The summed E-state index contributed by atoms with van der Waals surface area (Å²) in [5.74, 6) is 0.937. The molecule has 1 aromatic carbocycles. The minimum atomic E-state index is -3.53. The number of aryl methyl sites for hydroxylation is 1. The van der Waals surface area contributed by atoms with Crippen LogP contribution in [0.15, 0.2) is 47.5 Å². The third-order valence-corrected chi connectivity index (χ3v) is 7.73. The van der Waals surface area contributed by atoms with Crippen LogP contribution < -0.4 is 4.90 Å². The highest BCUT2D eigenvalue weighted by Gasteiger charge is 2.38. The zero-order valence-corrected chi connectivity index (χ0v) is 17.4. The van der Waals surface area contributed by atoms with E-state index in [-0.39, 0.29) is 6.04 Å². The van der Waals surface area contributed by atoms with Crippen molar-refractivity contribution in [3.8, 4) is 0 Å². The molecule has 0 saturated carbocycles. The first-order chi connectivity index (χ1) is 13.5. The van der Waals surface area contributed by atoms with Crippen molar-refractivity contribution in [1.29, 1.82) is 0 Å². The fourth-order valence-electron chi connectivity index (χ4n) is 4.14. The fourth-order valence-corrected chi connectivity index (χ4v) is 5.81. The van der Waals surface area contributed by atoms with Crippen molar-refractivity contribution in [2.24, 2.45) is 0 Å². The second-order valence-electron chi connectivity index (χ2n) is 7.79. The topological polar surface area (TPSA) is 56.8 Å². The molecule has 150 valence electrons. The van der Waals surface area contributed by atoms with Crippen LogP contribution in [-0.2, 0) is 10.0 Å². The Labute approximate surface area is 167 Å². The van der Waals surface area contributed by atoms with Crippen LogP contribution in [-0.4, -0.2) is 62.4 Å². The minimum absolute atomic E-state index is 0.158. The van der Waals surface area contributed by atoms with E-state index < -0.39 is 10.0 Å². The maximum atomic E-state index is 13.3. The summed E-state index contributed by atoms with van der Waals surface area (Å²) < 4.78 is 28.4. The maximum Gasteiger partial charge on any atom is 0.243 e. The van der Waals surface area contributed by atoms with E-state index in [0.29, 0.717) is 11.4 Å². The number of nitrogens with zero attached hydrogens (tertiary/aromatic N) is 4. The Morgan fingerprint density at radius 1 is 1.00 bits per heavy atom. The molecular formula is C21H28N4O2S. The first-order valence-corrected chi connectivity index (χ1v) is 11.4. The number of rotatable bonds is 4. The SMILES string of the molecule is Cc1ccc(S(=O)(=O)N2CCC[C@H]2c2cccnc2N2CCN(C)CC2)cc1. The lowest BCUT2D eigenvalue weighted by atomic mass is 10.1. The average Bonchev–Trinajstić information content (AvgIpc) is 3.20. The van der Waals surface area contributed by atoms with Crippen LogP contribution in [0.25, 0.3) is 0 Å². The predicted molar refractivity (Wildman–Crippen MR) is 111 cm³/mol. The molecule has 0 N–H and O–H groups in total. The van der Waals surface area contributed by atoms with Gasteiger partial charge in [-0.25, -0.2) is 13.4 Å². The molecule has 28 heavy (non-hydrogen) atoms. The Balaban J connectivity index is 1.67. The monoisotopic (exact) mass is 400 g/mol. The van der Waals surface area contributed by atoms with Crippen LogP contribution in [0.5, 0.6) is 0 Å². The van der Waals surface area contributed by atoms with Gasteiger partial charge in [-0.05, 0) is 45.0 Å². The molecular weight excluding hydrogens is 372 g/mol. The van der Waals surface area contributed by atoms with Gasteiger partial charge in [0.15, 0.2) is 0 Å². The van der Waals surface area contributed by atoms with Gasteiger partial charge in [0.25, 0.3) is 0 Å². The van der Waals surface area contributed by atoms with E-state index in [2.05, 4.69) is 21.8 Å². The molecule has 2 aliphatic heterocycles. The van der Waals surface area contributed by atoms with E-state index in [9.17, 15) is 8.42 Å². The quantitative estimate of drug-likeness (QED) is 0.790. The van der Waals surface area contributed by atoms with Gasteiger partial charge in [0, 0.05) is 44.5 Å². The highest BCUT2D eigenvalue weighted by atomic mass is 32.2. The molecule has 0 radical (unpaired) electrons. The summed E-state index contributed by atoms with van der Waals surface area (Å²) in [5.41, 5.74) is 2.08. The molecule has 0 unspecified atom stereocenters. The molecule has 0 bridgehead atoms. The Kier molecular flexibility index (Phi) is 5.40. The highest BCUT2D eigenvalue weighted by molar-refractivity contribution is 7.89. The smallest absolute Gasteiger partial charge is 0.243 e. The van der Waals surface area contributed by atoms with Gasteiger partial charge in [-0.3, -0.25) is 0 Å². The molecule has 3 heterocycles. The van der Waals surface area contributed by atoms with Crippen molar-refractivity contribution in [3.05, 3.63) is 53.7 Å². The van der Waals surface area contributed by atoms with Gasteiger partial charge in [0.1, 0.15) is 5.82 Å². The first kappa shape index (κ1) is 19.4. The number of pyridine rings is 1. The normalized spacial score (nSPS) is 21.9. The van der Waals surface area contributed by atoms with Gasteiger partial charge in [-0.15, -0.1) is 0 Å². The lowest BCUT2D eigenvalue weighted by Gasteiger charge is -2.35. The summed E-state index contributed by atoms with van der Waals surface area (Å²) in [4.78, 5) is 9.63. The Morgan fingerprint density at radius 3 is 2.43 bits per heavy atom. The van der Waals surface area contributed by atoms with E-state index in [1.165, 1.54) is 0 Å². The minimum Gasteiger partial charge on any atom is -0.354 e. The molecule has 1 aromatic heterocycles. The van der Waals surface area contributed by atoms with Crippen LogP contribution in [0.2, 0.25) is 0 Å². The van der Waals surface area contributed by atoms with Gasteiger partial charge in [0.2, 0.25) is 10.0 Å². The zero-order chi connectivity index (χ0) is 19.7. The van der Waals surface area contributed by atoms with Gasteiger partial charge in [-0.1, -0.05) is 23.8 Å². The number of hydrogen-bond acceptors (Lipinski definition) is 5. The Hall–Kier alpha value is -1.96. The van der Waals surface area contributed by atoms with E-state index >= 15 is 0 Å². The number of aromatic nitrogens is 1. The average molecular weight is 401 g/mol. The molecule has 2 aromatic rings. The number of anilines is 1. The highest BCUT2D eigenvalue weighted by Crippen LogP contribution is 2.39. The lowest BCUT2D eigenvalue weighted by Crippen LogP contribution is -2.45. The molecule has 4 rings (SSSR count). The van der Waals surface area contributed by atoms with E-state index in [1.807, 2.05) is 37.4 Å². The lowest BCUT2D eigenvalue weighted by molar-refractivity contribution is 0.311. The van der Waals surface area contributed by atoms with Gasteiger partial charge in [-0.2, -0.15) is 4.31 Å². The molecule has 0 amide bonds. The van der Waals surface area contributed by atoms with Gasteiger partial charge >= 0.3 is 0 Å². The second kappa shape index (κ2) is 7.81. The number of sulfonamides is 1. The third-order valence-electron chi connectivity index (χ3n) is 5.81. The molecule has 2 saturated heterocycles. The standard InChI is InChI=1S/C21H28N4O2S/c1-17-7-9-18(10-8-17)28(26,27)25-12-4-6-20(25)19-5-3-11-22-21(19)24-15-13-23(2)14-16-24/h3,5,7-11,20H,4,6,12-16H2,1-2H3/t20-/m0/s1. The van der Waals surface area contributed by atoms with Crippen molar-refractivity contribution >= 4 is 15.8 Å². The van der Waals surface area contributed by atoms with Crippen molar-refractivity contribution < 1.29 is 8.42 Å². The summed E-state index contributed by atoms with van der Waals surface area (Å²) in [6, 6.07) is 11.0. The van der Waals surface area contributed by atoms with Crippen molar-refractivity contribution in [3.63, 3.8) is 0 Å². The van der Waals surface area contributed by atoms with E-state index in [1.54, 1.807) is 16.4 Å². The van der Waals surface area contributed by atoms with Crippen LogP contribution in [0.1, 0.15) is 30.0 Å². The van der Waals surface area contributed by atoms with Crippen LogP contribution >= 0.6 is 0 Å². The van der Waals surface area contributed by atoms with Crippen molar-refractivity contribution in [2.45, 2.75) is 30.7 Å². The molecule has 0 aliphatic carbocycles. The third kappa shape index (κ3) is 3.66. The largest absolute Gasteiger partial charge is 0.354 e. The van der Waals surface area contributed by atoms with Crippen LogP contribution in [0.4, 0.5) is 5.82 Å². The van der Waals surface area contributed by atoms with E-state index in [0.717, 1.165) is 56.0 Å². The van der Waals surface area contributed by atoms with Crippen LogP contribution in [0.3, 0.4) is 0 Å².